The zero-order valence-electron chi connectivity index (χ0n) is 10.5. The summed E-state index contributed by atoms with van der Waals surface area (Å²) in [6.07, 6.45) is 0.313. The molecule has 0 N–H and O–H groups in total. The Kier molecular flexibility index (Phi) is 6.43. The van der Waals surface area contributed by atoms with Crippen molar-refractivity contribution >= 4 is 0 Å². The summed E-state index contributed by atoms with van der Waals surface area (Å²) in [5, 5.41) is 0. The molecule has 0 amide bonds. The first-order valence-corrected chi connectivity index (χ1v) is 5.65. The van der Waals surface area contributed by atoms with Gasteiger partial charge in [0.25, 0.3) is 0 Å². The highest BCUT2D eigenvalue weighted by atomic mass is 16.5. The first kappa shape index (κ1) is 13.5. The lowest BCUT2D eigenvalue weighted by Crippen LogP contribution is -2.46. The minimum atomic E-state index is 0.313. The summed E-state index contributed by atoms with van der Waals surface area (Å²) in [5.41, 5.74) is 0. The van der Waals surface area contributed by atoms with Crippen molar-refractivity contribution in [3.63, 3.8) is 0 Å². The number of morpholine rings is 1. The van der Waals surface area contributed by atoms with Crippen molar-refractivity contribution in [3.8, 4) is 11.8 Å². The van der Waals surface area contributed by atoms with Crippen molar-refractivity contribution in [1.82, 2.24) is 9.80 Å². The van der Waals surface area contributed by atoms with Gasteiger partial charge in [-0.15, -0.1) is 0 Å². The van der Waals surface area contributed by atoms with Crippen LogP contribution >= 0.6 is 0 Å². The molecule has 1 saturated heterocycles. The summed E-state index contributed by atoms with van der Waals surface area (Å²) < 4.78 is 10.6. The van der Waals surface area contributed by atoms with Gasteiger partial charge in [-0.25, -0.2) is 0 Å². The van der Waals surface area contributed by atoms with Crippen LogP contribution < -0.4 is 0 Å². The first-order chi connectivity index (χ1) is 7.72. The van der Waals surface area contributed by atoms with E-state index in [0.717, 1.165) is 32.8 Å². The molecule has 0 aromatic rings. The highest BCUT2D eigenvalue weighted by Crippen LogP contribution is 2.05. The van der Waals surface area contributed by atoms with Crippen molar-refractivity contribution in [1.29, 1.82) is 0 Å². The zero-order valence-corrected chi connectivity index (χ0v) is 10.5. The SMILES string of the molecule is COCC#CCN1CCO[C@H](CN(C)C)C1. The molecule has 0 aromatic carbocycles. The number of hydrogen-bond acceptors (Lipinski definition) is 4. The molecule has 0 unspecified atom stereocenters. The van der Waals surface area contributed by atoms with Crippen molar-refractivity contribution in [2.45, 2.75) is 6.10 Å². The van der Waals surface area contributed by atoms with Crippen LogP contribution in [0.2, 0.25) is 0 Å². The highest BCUT2D eigenvalue weighted by Gasteiger charge is 2.19. The Balaban J connectivity index is 2.25. The van der Waals surface area contributed by atoms with Crippen molar-refractivity contribution in [2.75, 3.05) is 60.6 Å². The zero-order chi connectivity index (χ0) is 11.8. The van der Waals surface area contributed by atoms with Gasteiger partial charge in [-0.05, 0) is 14.1 Å². The predicted octanol–water partition coefficient (Wildman–Crippen LogP) is -0.101. The van der Waals surface area contributed by atoms with Gasteiger partial charge in [0.05, 0.1) is 19.3 Å². The molecule has 0 radical (unpaired) electrons. The van der Waals surface area contributed by atoms with Crippen LogP contribution in [0.1, 0.15) is 0 Å². The molecule has 0 saturated carbocycles. The molecule has 1 rings (SSSR count). The number of ether oxygens (including phenoxy) is 2. The third-order valence-corrected chi connectivity index (χ3v) is 2.44. The summed E-state index contributed by atoms with van der Waals surface area (Å²) in [6.45, 7) is 5.07. The fourth-order valence-electron chi connectivity index (χ4n) is 1.73. The Hall–Kier alpha value is -0.600. The van der Waals surface area contributed by atoms with Crippen LogP contribution in [0.25, 0.3) is 0 Å². The Morgan fingerprint density at radius 3 is 2.94 bits per heavy atom. The Morgan fingerprint density at radius 2 is 2.25 bits per heavy atom. The molecule has 0 aliphatic carbocycles. The Labute approximate surface area is 98.5 Å². The molecule has 0 spiro atoms. The predicted molar refractivity (Wildman–Crippen MR) is 64.4 cm³/mol. The molecule has 92 valence electrons. The number of nitrogens with zero attached hydrogens (tertiary/aromatic N) is 2. The van der Waals surface area contributed by atoms with Gasteiger partial charge in [0.2, 0.25) is 0 Å². The Morgan fingerprint density at radius 1 is 1.44 bits per heavy atom. The molecule has 4 heteroatoms. The van der Waals surface area contributed by atoms with Crippen molar-refractivity contribution < 1.29 is 9.47 Å². The second-order valence-corrected chi connectivity index (χ2v) is 4.28. The van der Waals surface area contributed by atoms with E-state index in [4.69, 9.17) is 9.47 Å². The van der Waals surface area contributed by atoms with E-state index in [2.05, 4.69) is 35.7 Å². The lowest BCUT2D eigenvalue weighted by molar-refractivity contribution is -0.0338. The minimum absolute atomic E-state index is 0.313. The normalized spacial score (nSPS) is 21.9. The van der Waals surface area contributed by atoms with E-state index in [0.29, 0.717) is 12.7 Å². The number of rotatable bonds is 4. The van der Waals surface area contributed by atoms with Gasteiger partial charge < -0.3 is 14.4 Å². The highest BCUT2D eigenvalue weighted by molar-refractivity contribution is 5.01. The molecule has 1 heterocycles. The van der Waals surface area contributed by atoms with Crippen LogP contribution in [0.15, 0.2) is 0 Å². The van der Waals surface area contributed by atoms with Crippen LogP contribution in [0.3, 0.4) is 0 Å². The maximum Gasteiger partial charge on any atom is 0.107 e. The third-order valence-electron chi connectivity index (χ3n) is 2.44. The molecule has 4 nitrogen and oxygen atoms in total. The van der Waals surface area contributed by atoms with Gasteiger partial charge >= 0.3 is 0 Å². The second kappa shape index (κ2) is 7.64. The number of likely N-dealkylation sites (N-methyl/N-ethyl adjacent to an activating group) is 1. The van der Waals surface area contributed by atoms with Crippen molar-refractivity contribution in [3.05, 3.63) is 0 Å². The summed E-state index contributed by atoms with van der Waals surface area (Å²) >= 11 is 0. The van der Waals surface area contributed by atoms with E-state index in [9.17, 15) is 0 Å². The minimum Gasteiger partial charge on any atom is -0.374 e. The van der Waals surface area contributed by atoms with Crippen LogP contribution in [-0.4, -0.2) is 76.5 Å². The molecule has 1 atom stereocenters. The van der Waals surface area contributed by atoms with Gasteiger partial charge in [-0.1, -0.05) is 11.8 Å². The smallest absolute Gasteiger partial charge is 0.107 e. The van der Waals surface area contributed by atoms with Crippen LogP contribution in [-0.2, 0) is 9.47 Å². The maximum absolute atomic E-state index is 5.69. The summed E-state index contributed by atoms with van der Waals surface area (Å²) in [5.74, 6) is 6.08. The topological polar surface area (TPSA) is 24.9 Å². The Bertz CT molecular complexity index is 245. The van der Waals surface area contributed by atoms with Crippen LogP contribution in [0, 0.1) is 11.8 Å². The van der Waals surface area contributed by atoms with Crippen molar-refractivity contribution in [2.24, 2.45) is 0 Å². The summed E-state index contributed by atoms with van der Waals surface area (Å²) in [6, 6.07) is 0. The van der Waals surface area contributed by atoms with E-state index >= 15 is 0 Å². The van der Waals surface area contributed by atoms with Crippen LogP contribution in [0.5, 0.6) is 0 Å². The summed E-state index contributed by atoms with van der Waals surface area (Å²) in [4.78, 5) is 4.49. The molecule has 0 bridgehead atoms. The van der Waals surface area contributed by atoms with Gasteiger partial charge in [0.15, 0.2) is 0 Å². The number of methoxy groups -OCH3 is 1. The lowest BCUT2D eigenvalue weighted by Gasteiger charge is -2.33. The molecule has 1 aliphatic rings. The van der Waals surface area contributed by atoms with Crippen LogP contribution in [0.4, 0.5) is 0 Å². The molecule has 1 aliphatic heterocycles. The number of hydrogen-bond donors (Lipinski definition) is 0. The lowest BCUT2D eigenvalue weighted by atomic mass is 10.2. The average Bonchev–Trinajstić information content (AvgIpc) is 2.24. The average molecular weight is 226 g/mol. The molecule has 0 aromatic heterocycles. The van der Waals surface area contributed by atoms with E-state index in [1.807, 2.05) is 0 Å². The molecular weight excluding hydrogens is 204 g/mol. The molecule has 1 fully saturated rings. The molecular formula is C12H22N2O2. The standard InChI is InChI=1S/C12H22N2O2/c1-13(2)10-12-11-14(7-9-16-12)6-4-5-8-15-3/h12H,6-11H2,1-3H3/t12-/m1/s1. The maximum atomic E-state index is 5.69. The van der Waals surface area contributed by atoms with Gasteiger partial charge in [0, 0.05) is 26.7 Å². The fourth-order valence-corrected chi connectivity index (χ4v) is 1.73. The monoisotopic (exact) mass is 226 g/mol. The van der Waals surface area contributed by atoms with Gasteiger partial charge in [-0.3, -0.25) is 4.90 Å². The van der Waals surface area contributed by atoms with E-state index in [1.165, 1.54) is 0 Å². The third kappa shape index (κ3) is 5.47. The fraction of sp³-hybridized carbons (Fsp3) is 0.833. The quantitative estimate of drug-likeness (QED) is 0.625. The first-order valence-electron chi connectivity index (χ1n) is 5.65. The summed E-state index contributed by atoms with van der Waals surface area (Å²) in [7, 11) is 5.80. The molecule has 16 heavy (non-hydrogen) atoms. The van der Waals surface area contributed by atoms with Gasteiger partial charge in [-0.2, -0.15) is 0 Å². The van der Waals surface area contributed by atoms with Gasteiger partial charge in [0.1, 0.15) is 6.61 Å². The largest absolute Gasteiger partial charge is 0.374 e. The van der Waals surface area contributed by atoms with E-state index in [-0.39, 0.29) is 0 Å². The van der Waals surface area contributed by atoms with E-state index in [1.54, 1.807) is 7.11 Å². The second-order valence-electron chi connectivity index (χ2n) is 4.28. The van der Waals surface area contributed by atoms with E-state index < -0.39 is 0 Å².